The van der Waals surface area contributed by atoms with E-state index in [9.17, 15) is 0 Å². The Morgan fingerprint density at radius 2 is 1.53 bits per heavy atom. The van der Waals surface area contributed by atoms with Crippen LogP contribution in [0.15, 0.2) is 12.7 Å². The monoisotopic (exact) mass is 213 g/mol. The lowest BCUT2D eigenvalue weighted by atomic mass is 9.93. The van der Waals surface area contributed by atoms with Crippen LogP contribution in [0.2, 0.25) is 0 Å². The fourth-order valence-electron chi connectivity index (χ4n) is 1.31. The van der Waals surface area contributed by atoms with E-state index in [0.717, 1.165) is 6.42 Å². The smallest absolute Gasteiger partial charge is 0.00213 e. The molecule has 1 nitrogen and oxygen atoms in total. The van der Waals surface area contributed by atoms with Gasteiger partial charge in [-0.25, -0.2) is 0 Å². The largest absolute Gasteiger partial charge is 0.306 e. The molecule has 0 saturated carbocycles. The number of rotatable bonds is 1. The van der Waals surface area contributed by atoms with Crippen molar-refractivity contribution in [3.05, 3.63) is 12.7 Å². The zero-order valence-corrected chi connectivity index (χ0v) is 11.8. The third-order valence-electron chi connectivity index (χ3n) is 2.09. The molecule has 1 rings (SSSR count). The molecule has 0 aromatic heterocycles. The van der Waals surface area contributed by atoms with Crippen LogP contribution in [-0.4, -0.2) is 25.0 Å². The second kappa shape index (κ2) is 10.2. The van der Waals surface area contributed by atoms with Crippen molar-refractivity contribution in [1.82, 2.24) is 4.90 Å². The van der Waals surface area contributed by atoms with Crippen molar-refractivity contribution in [2.24, 2.45) is 5.41 Å². The van der Waals surface area contributed by atoms with Crippen molar-refractivity contribution >= 4 is 0 Å². The molecule has 0 bridgehead atoms. The van der Waals surface area contributed by atoms with Crippen LogP contribution in [0.5, 0.6) is 0 Å². The van der Waals surface area contributed by atoms with Gasteiger partial charge in [-0.3, -0.25) is 0 Å². The lowest BCUT2D eigenvalue weighted by Crippen LogP contribution is -2.10. The molecule has 0 unspecified atom stereocenters. The molecular formula is C14H31N. The second-order valence-corrected chi connectivity index (χ2v) is 5.06. The number of hydrogen-bond donors (Lipinski definition) is 0. The van der Waals surface area contributed by atoms with E-state index in [4.69, 9.17) is 0 Å². The third kappa shape index (κ3) is 16.4. The molecule has 0 radical (unpaired) electrons. The summed E-state index contributed by atoms with van der Waals surface area (Å²) in [6.07, 6.45) is 5.89. The molecule has 1 aliphatic rings. The minimum atomic E-state index is 0.432. The molecular weight excluding hydrogens is 182 g/mol. The normalized spacial score (nSPS) is 15.9. The Kier molecular flexibility index (Phi) is 11.7. The van der Waals surface area contributed by atoms with Crippen molar-refractivity contribution < 1.29 is 0 Å². The van der Waals surface area contributed by atoms with E-state index in [0.29, 0.717) is 5.41 Å². The predicted molar refractivity (Wildman–Crippen MR) is 72.3 cm³/mol. The molecule has 15 heavy (non-hydrogen) atoms. The highest BCUT2D eigenvalue weighted by Crippen LogP contribution is 2.17. The summed E-state index contributed by atoms with van der Waals surface area (Å²) in [7, 11) is 2.17. The lowest BCUT2D eigenvalue weighted by molar-refractivity contribution is 0.418. The Labute approximate surface area is 97.6 Å². The Hall–Kier alpha value is -0.300. The highest BCUT2D eigenvalue weighted by molar-refractivity contribution is 4.75. The zero-order chi connectivity index (χ0) is 12.3. The van der Waals surface area contributed by atoms with Crippen LogP contribution in [0.3, 0.4) is 0 Å². The molecule has 0 spiro atoms. The molecule has 0 amide bonds. The Balaban J connectivity index is 0. The highest BCUT2D eigenvalue weighted by Gasteiger charge is 2.05. The summed E-state index contributed by atoms with van der Waals surface area (Å²) in [6.45, 7) is 16.9. The second-order valence-electron chi connectivity index (χ2n) is 5.06. The maximum Gasteiger partial charge on any atom is -0.00213 e. The Morgan fingerprint density at radius 3 is 1.60 bits per heavy atom. The summed E-state index contributed by atoms with van der Waals surface area (Å²) in [5.74, 6) is 0. The van der Waals surface area contributed by atoms with Crippen molar-refractivity contribution in [2.75, 3.05) is 20.1 Å². The van der Waals surface area contributed by atoms with Crippen LogP contribution in [0.25, 0.3) is 0 Å². The van der Waals surface area contributed by atoms with Gasteiger partial charge in [0.1, 0.15) is 0 Å². The van der Waals surface area contributed by atoms with Gasteiger partial charge in [-0.05, 0) is 44.8 Å². The fraction of sp³-hybridized carbons (Fsp3) is 0.857. The van der Waals surface area contributed by atoms with Crippen molar-refractivity contribution in [1.29, 1.82) is 0 Å². The molecule has 1 fully saturated rings. The molecule has 1 saturated heterocycles. The lowest BCUT2D eigenvalue weighted by Gasteiger charge is -2.13. The Morgan fingerprint density at radius 1 is 1.13 bits per heavy atom. The van der Waals surface area contributed by atoms with Gasteiger partial charge in [-0.15, -0.1) is 6.58 Å². The molecule has 1 heterocycles. The standard InChI is InChI=1S/C7H14.C5H11N.C2H6/c1-5-6-7(2,3)4;1-6-4-2-3-5-6;1-2/h5H,1,6H2,2-4H3;2-5H2,1H3;1-2H3. The number of nitrogens with zero attached hydrogens (tertiary/aromatic N) is 1. The number of likely N-dealkylation sites (tertiary alicyclic amines) is 1. The minimum Gasteiger partial charge on any atom is -0.306 e. The van der Waals surface area contributed by atoms with Gasteiger partial charge in [0.2, 0.25) is 0 Å². The van der Waals surface area contributed by atoms with Crippen LogP contribution in [0, 0.1) is 5.41 Å². The number of allylic oxidation sites excluding steroid dienone is 1. The summed E-state index contributed by atoms with van der Waals surface area (Å²) < 4.78 is 0. The quantitative estimate of drug-likeness (QED) is 0.585. The van der Waals surface area contributed by atoms with Gasteiger partial charge in [0.05, 0.1) is 0 Å². The van der Waals surface area contributed by atoms with E-state index in [1.54, 1.807) is 0 Å². The minimum absolute atomic E-state index is 0.432. The van der Waals surface area contributed by atoms with Gasteiger partial charge in [0.15, 0.2) is 0 Å². The maximum absolute atomic E-state index is 3.65. The summed E-state index contributed by atoms with van der Waals surface area (Å²) in [4.78, 5) is 2.36. The van der Waals surface area contributed by atoms with Gasteiger partial charge < -0.3 is 4.90 Å². The van der Waals surface area contributed by atoms with Gasteiger partial charge in [-0.2, -0.15) is 0 Å². The summed E-state index contributed by atoms with van der Waals surface area (Å²) in [5.41, 5.74) is 0.432. The molecule has 0 aromatic carbocycles. The van der Waals surface area contributed by atoms with Crippen LogP contribution in [0.4, 0.5) is 0 Å². The molecule has 0 aliphatic carbocycles. The van der Waals surface area contributed by atoms with Gasteiger partial charge in [0.25, 0.3) is 0 Å². The maximum atomic E-state index is 3.65. The molecule has 0 N–H and O–H groups in total. The highest BCUT2D eigenvalue weighted by atomic mass is 15.1. The molecule has 1 aliphatic heterocycles. The van der Waals surface area contributed by atoms with E-state index < -0.39 is 0 Å². The number of hydrogen-bond acceptors (Lipinski definition) is 1. The van der Waals surface area contributed by atoms with E-state index in [-0.39, 0.29) is 0 Å². The van der Waals surface area contributed by atoms with Crippen molar-refractivity contribution in [2.45, 2.75) is 53.9 Å². The third-order valence-corrected chi connectivity index (χ3v) is 2.09. The predicted octanol–water partition coefficient (Wildman–Crippen LogP) is 4.35. The molecule has 92 valence electrons. The topological polar surface area (TPSA) is 3.24 Å². The summed E-state index contributed by atoms with van der Waals surface area (Å²) in [5, 5.41) is 0. The first-order valence-electron chi connectivity index (χ1n) is 6.25. The summed E-state index contributed by atoms with van der Waals surface area (Å²) >= 11 is 0. The average Bonchev–Trinajstić information content (AvgIpc) is 2.58. The molecule has 0 aromatic rings. The van der Waals surface area contributed by atoms with Crippen LogP contribution >= 0.6 is 0 Å². The average molecular weight is 213 g/mol. The van der Waals surface area contributed by atoms with E-state index >= 15 is 0 Å². The first kappa shape index (κ1) is 17.1. The first-order valence-corrected chi connectivity index (χ1v) is 6.25. The zero-order valence-electron chi connectivity index (χ0n) is 11.8. The SMILES string of the molecule is C=CCC(C)(C)C.CC.CN1CCCC1. The van der Waals surface area contributed by atoms with Crippen LogP contribution in [-0.2, 0) is 0 Å². The van der Waals surface area contributed by atoms with Crippen molar-refractivity contribution in [3.8, 4) is 0 Å². The fourth-order valence-corrected chi connectivity index (χ4v) is 1.31. The van der Waals surface area contributed by atoms with E-state index in [1.165, 1.54) is 25.9 Å². The summed E-state index contributed by atoms with van der Waals surface area (Å²) in [6, 6.07) is 0. The van der Waals surface area contributed by atoms with Crippen LogP contribution in [0.1, 0.15) is 53.9 Å². The van der Waals surface area contributed by atoms with Gasteiger partial charge >= 0.3 is 0 Å². The first-order chi connectivity index (χ1) is 6.95. The van der Waals surface area contributed by atoms with Crippen molar-refractivity contribution in [3.63, 3.8) is 0 Å². The van der Waals surface area contributed by atoms with Gasteiger partial charge in [0, 0.05) is 0 Å². The molecule has 1 heteroatoms. The van der Waals surface area contributed by atoms with E-state index in [1.807, 2.05) is 19.9 Å². The van der Waals surface area contributed by atoms with Crippen LogP contribution < -0.4 is 0 Å². The van der Waals surface area contributed by atoms with E-state index in [2.05, 4.69) is 39.3 Å². The molecule has 0 atom stereocenters. The Bertz CT molecular complexity index is 127. The van der Waals surface area contributed by atoms with Gasteiger partial charge in [-0.1, -0.05) is 40.7 Å².